The van der Waals surface area contributed by atoms with Crippen molar-refractivity contribution >= 4 is 17.4 Å². The second-order valence-corrected chi connectivity index (χ2v) is 6.07. The fourth-order valence-corrected chi connectivity index (χ4v) is 2.69. The second kappa shape index (κ2) is 8.81. The molecule has 1 N–H and O–H groups in total. The monoisotopic (exact) mass is 345 g/mol. The Kier molecular flexibility index (Phi) is 5.99. The number of aromatic nitrogens is 1. The predicted octanol–water partition coefficient (Wildman–Crippen LogP) is 4.75. The Hall–Kier alpha value is -3.14. The number of amides is 1. The van der Waals surface area contributed by atoms with Gasteiger partial charge in [0.25, 0.3) is 5.91 Å². The van der Waals surface area contributed by atoms with Gasteiger partial charge in [-0.3, -0.25) is 4.79 Å². The number of carbonyl (C=O) groups is 1. The Morgan fingerprint density at radius 1 is 0.962 bits per heavy atom. The SMILES string of the molecule is CCCNc1ccc(C(=O)N(Cc2ccccc2)c2ccccc2)cn1. The summed E-state index contributed by atoms with van der Waals surface area (Å²) in [5, 5.41) is 3.23. The van der Waals surface area contributed by atoms with Crippen molar-refractivity contribution in [3.05, 3.63) is 90.1 Å². The van der Waals surface area contributed by atoms with Crippen molar-refractivity contribution in [2.24, 2.45) is 0 Å². The molecule has 0 aliphatic rings. The number of anilines is 2. The molecule has 1 heterocycles. The van der Waals surface area contributed by atoms with Crippen LogP contribution in [0.25, 0.3) is 0 Å². The van der Waals surface area contributed by atoms with Crippen LogP contribution >= 0.6 is 0 Å². The molecule has 2 aromatic carbocycles. The van der Waals surface area contributed by atoms with Gasteiger partial charge < -0.3 is 10.2 Å². The number of hydrogen-bond acceptors (Lipinski definition) is 3. The lowest BCUT2D eigenvalue weighted by Crippen LogP contribution is -2.30. The van der Waals surface area contributed by atoms with E-state index in [4.69, 9.17) is 0 Å². The summed E-state index contributed by atoms with van der Waals surface area (Å²) in [6.45, 7) is 3.48. The number of nitrogens with one attached hydrogen (secondary N) is 1. The molecule has 4 heteroatoms. The lowest BCUT2D eigenvalue weighted by Gasteiger charge is -2.23. The normalized spacial score (nSPS) is 10.3. The number of rotatable bonds is 7. The molecule has 1 aromatic heterocycles. The highest BCUT2D eigenvalue weighted by Crippen LogP contribution is 2.20. The molecule has 3 rings (SSSR count). The zero-order valence-electron chi connectivity index (χ0n) is 14.9. The number of para-hydroxylation sites is 1. The first-order chi connectivity index (χ1) is 12.8. The second-order valence-electron chi connectivity index (χ2n) is 6.07. The van der Waals surface area contributed by atoms with Crippen molar-refractivity contribution in [3.63, 3.8) is 0 Å². The number of carbonyl (C=O) groups excluding carboxylic acids is 1. The third-order valence-corrected chi connectivity index (χ3v) is 4.06. The molecule has 0 aliphatic carbocycles. The summed E-state index contributed by atoms with van der Waals surface area (Å²) in [6.07, 6.45) is 2.67. The van der Waals surface area contributed by atoms with Gasteiger partial charge in [-0.05, 0) is 36.2 Å². The van der Waals surface area contributed by atoms with Crippen molar-refractivity contribution in [2.75, 3.05) is 16.8 Å². The minimum Gasteiger partial charge on any atom is -0.370 e. The Morgan fingerprint density at radius 3 is 2.27 bits per heavy atom. The highest BCUT2D eigenvalue weighted by molar-refractivity contribution is 6.05. The zero-order chi connectivity index (χ0) is 18.2. The van der Waals surface area contributed by atoms with Crippen molar-refractivity contribution < 1.29 is 4.79 Å². The van der Waals surface area contributed by atoms with Crippen molar-refractivity contribution in [2.45, 2.75) is 19.9 Å². The first-order valence-electron chi connectivity index (χ1n) is 8.88. The summed E-state index contributed by atoms with van der Waals surface area (Å²) in [4.78, 5) is 19.3. The van der Waals surface area contributed by atoms with Gasteiger partial charge in [0.05, 0.1) is 12.1 Å². The molecule has 0 unspecified atom stereocenters. The smallest absolute Gasteiger partial charge is 0.260 e. The van der Waals surface area contributed by atoms with Crippen molar-refractivity contribution in [3.8, 4) is 0 Å². The van der Waals surface area contributed by atoms with Gasteiger partial charge in [0.2, 0.25) is 0 Å². The van der Waals surface area contributed by atoms with Crippen LogP contribution in [0.2, 0.25) is 0 Å². The Morgan fingerprint density at radius 2 is 1.65 bits per heavy atom. The first-order valence-corrected chi connectivity index (χ1v) is 8.88. The van der Waals surface area contributed by atoms with Gasteiger partial charge in [0.1, 0.15) is 5.82 Å². The molecule has 0 atom stereocenters. The van der Waals surface area contributed by atoms with E-state index in [1.807, 2.05) is 72.8 Å². The Balaban J connectivity index is 1.85. The maximum absolute atomic E-state index is 13.1. The van der Waals surface area contributed by atoms with Crippen molar-refractivity contribution in [1.29, 1.82) is 0 Å². The van der Waals surface area contributed by atoms with E-state index in [9.17, 15) is 4.79 Å². The van der Waals surface area contributed by atoms with E-state index >= 15 is 0 Å². The van der Waals surface area contributed by atoms with E-state index in [2.05, 4.69) is 17.2 Å². The van der Waals surface area contributed by atoms with Crippen LogP contribution in [0.15, 0.2) is 79.0 Å². The topological polar surface area (TPSA) is 45.2 Å². The van der Waals surface area contributed by atoms with Gasteiger partial charge in [-0.25, -0.2) is 4.98 Å². The van der Waals surface area contributed by atoms with Gasteiger partial charge >= 0.3 is 0 Å². The molecular formula is C22H23N3O. The summed E-state index contributed by atoms with van der Waals surface area (Å²) >= 11 is 0. The first kappa shape index (κ1) is 17.7. The minimum atomic E-state index is -0.0606. The predicted molar refractivity (Wildman–Crippen MR) is 106 cm³/mol. The van der Waals surface area contributed by atoms with Crippen LogP contribution < -0.4 is 10.2 Å². The lowest BCUT2D eigenvalue weighted by atomic mass is 10.1. The summed E-state index contributed by atoms with van der Waals surface area (Å²) in [5.74, 6) is 0.729. The van der Waals surface area contributed by atoms with E-state index < -0.39 is 0 Å². The molecule has 0 bridgehead atoms. The molecule has 0 fully saturated rings. The van der Waals surface area contributed by atoms with Crippen LogP contribution in [0.3, 0.4) is 0 Å². The molecule has 26 heavy (non-hydrogen) atoms. The highest BCUT2D eigenvalue weighted by Gasteiger charge is 2.18. The average Bonchev–Trinajstić information content (AvgIpc) is 2.72. The number of hydrogen-bond donors (Lipinski definition) is 1. The molecule has 4 nitrogen and oxygen atoms in total. The van der Waals surface area contributed by atoms with E-state index in [0.717, 1.165) is 30.0 Å². The van der Waals surface area contributed by atoms with E-state index in [1.54, 1.807) is 11.1 Å². The molecule has 0 saturated heterocycles. The van der Waals surface area contributed by atoms with Gasteiger partial charge in [-0.2, -0.15) is 0 Å². The van der Waals surface area contributed by atoms with Crippen LogP contribution in [0.4, 0.5) is 11.5 Å². The minimum absolute atomic E-state index is 0.0606. The maximum atomic E-state index is 13.1. The molecule has 0 radical (unpaired) electrons. The third kappa shape index (κ3) is 4.48. The molecular weight excluding hydrogens is 322 g/mol. The molecule has 3 aromatic rings. The molecule has 0 saturated carbocycles. The highest BCUT2D eigenvalue weighted by atomic mass is 16.2. The van der Waals surface area contributed by atoms with E-state index in [1.165, 1.54) is 0 Å². The van der Waals surface area contributed by atoms with Gasteiger partial charge in [0.15, 0.2) is 0 Å². The zero-order valence-corrected chi connectivity index (χ0v) is 14.9. The summed E-state index contributed by atoms with van der Waals surface area (Å²) in [5.41, 5.74) is 2.53. The van der Waals surface area contributed by atoms with Crippen LogP contribution in [0.1, 0.15) is 29.3 Å². The number of benzene rings is 2. The summed E-state index contributed by atoms with van der Waals surface area (Å²) in [7, 11) is 0. The van der Waals surface area contributed by atoms with Gasteiger partial charge in [-0.15, -0.1) is 0 Å². The average molecular weight is 345 g/mol. The molecule has 0 spiro atoms. The van der Waals surface area contributed by atoms with Crippen LogP contribution in [0, 0.1) is 0 Å². The summed E-state index contributed by atoms with van der Waals surface area (Å²) < 4.78 is 0. The quantitative estimate of drug-likeness (QED) is 0.672. The van der Waals surface area contributed by atoms with Crippen LogP contribution in [-0.4, -0.2) is 17.4 Å². The largest absolute Gasteiger partial charge is 0.370 e. The van der Waals surface area contributed by atoms with E-state index in [0.29, 0.717) is 12.1 Å². The van der Waals surface area contributed by atoms with Crippen molar-refractivity contribution in [1.82, 2.24) is 4.98 Å². The fourth-order valence-electron chi connectivity index (χ4n) is 2.69. The maximum Gasteiger partial charge on any atom is 0.260 e. The Bertz CT molecular complexity index is 817. The molecule has 1 amide bonds. The molecule has 0 aliphatic heterocycles. The number of nitrogens with zero attached hydrogens (tertiary/aromatic N) is 2. The van der Waals surface area contributed by atoms with Crippen LogP contribution in [0.5, 0.6) is 0 Å². The lowest BCUT2D eigenvalue weighted by molar-refractivity contribution is 0.0985. The molecule has 132 valence electrons. The Labute approximate surface area is 154 Å². The number of pyridine rings is 1. The third-order valence-electron chi connectivity index (χ3n) is 4.06. The fraction of sp³-hybridized carbons (Fsp3) is 0.182. The standard InChI is InChI=1S/C22H23N3O/c1-2-15-23-21-14-13-19(16-24-21)22(26)25(20-11-7-4-8-12-20)17-18-9-5-3-6-10-18/h3-14,16H,2,15,17H2,1H3,(H,23,24). The van der Waals surface area contributed by atoms with Crippen LogP contribution in [-0.2, 0) is 6.54 Å². The van der Waals surface area contributed by atoms with Gasteiger partial charge in [0, 0.05) is 18.4 Å². The van der Waals surface area contributed by atoms with Gasteiger partial charge in [-0.1, -0.05) is 55.5 Å². The summed E-state index contributed by atoms with van der Waals surface area (Å²) in [6, 6.07) is 23.4. The van der Waals surface area contributed by atoms with E-state index in [-0.39, 0.29) is 5.91 Å².